The molecule has 1 amide bonds. The second kappa shape index (κ2) is 5.12. The van der Waals surface area contributed by atoms with Crippen molar-refractivity contribution in [3.63, 3.8) is 0 Å². The Morgan fingerprint density at radius 3 is 2.57 bits per heavy atom. The van der Waals surface area contributed by atoms with E-state index in [4.69, 9.17) is 0 Å². The van der Waals surface area contributed by atoms with E-state index in [2.05, 4.69) is 40.1 Å². The third-order valence-corrected chi connectivity index (χ3v) is 3.54. The zero-order chi connectivity index (χ0) is 10.6. The van der Waals surface area contributed by atoms with E-state index in [1.165, 1.54) is 12.8 Å². The van der Waals surface area contributed by atoms with Crippen molar-refractivity contribution in [1.29, 1.82) is 0 Å². The second-order valence-corrected chi connectivity index (χ2v) is 5.09. The molecule has 1 N–H and O–H groups in total. The lowest BCUT2D eigenvalue weighted by atomic mass is 9.80. The highest BCUT2D eigenvalue weighted by Crippen LogP contribution is 2.29. The number of rotatable bonds is 3. The van der Waals surface area contributed by atoms with Crippen molar-refractivity contribution >= 4 is 21.8 Å². The Labute approximate surface area is 94.4 Å². The first-order chi connectivity index (χ1) is 6.56. The molecule has 0 aromatic heterocycles. The van der Waals surface area contributed by atoms with Gasteiger partial charge in [0.2, 0.25) is 5.91 Å². The number of carbonyl (C=O) groups is 1. The quantitative estimate of drug-likeness (QED) is 0.777. The van der Waals surface area contributed by atoms with Gasteiger partial charge in [-0.15, -0.1) is 0 Å². The molecule has 1 aliphatic heterocycles. The average molecular weight is 263 g/mol. The fraction of sp³-hybridized carbons (Fsp3) is 0.900. The van der Waals surface area contributed by atoms with Gasteiger partial charge in [0.05, 0.1) is 5.33 Å². The molecule has 0 bridgehead atoms. The van der Waals surface area contributed by atoms with Crippen LogP contribution in [0, 0.1) is 5.41 Å². The summed E-state index contributed by atoms with van der Waals surface area (Å²) in [7, 11) is 2.15. The third kappa shape index (κ3) is 3.58. The molecular weight excluding hydrogens is 244 g/mol. The standard InChI is InChI=1S/C10H19BrN2O/c1-10(8-12-9(14)7-11)3-5-13(2)6-4-10/h3-8H2,1-2H3,(H,12,14). The number of hydrogen-bond acceptors (Lipinski definition) is 2. The fourth-order valence-electron chi connectivity index (χ4n) is 1.69. The molecule has 4 heteroatoms. The van der Waals surface area contributed by atoms with Crippen molar-refractivity contribution in [3.8, 4) is 0 Å². The van der Waals surface area contributed by atoms with Crippen molar-refractivity contribution in [2.75, 3.05) is 32.0 Å². The maximum Gasteiger partial charge on any atom is 0.230 e. The minimum Gasteiger partial charge on any atom is -0.355 e. The molecule has 0 aromatic rings. The molecule has 0 unspecified atom stereocenters. The molecular formula is C10H19BrN2O. The first-order valence-electron chi connectivity index (χ1n) is 5.07. The van der Waals surface area contributed by atoms with Crippen LogP contribution in [0.2, 0.25) is 0 Å². The summed E-state index contributed by atoms with van der Waals surface area (Å²) in [5.74, 6) is 0.0881. The lowest BCUT2D eigenvalue weighted by molar-refractivity contribution is -0.119. The molecule has 1 fully saturated rings. The molecule has 14 heavy (non-hydrogen) atoms. The number of carbonyl (C=O) groups excluding carboxylic acids is 1. The van der Waals surface area contributed by atoms with E-state index in [9.17, 15) is 4.79 Å². The number of piperidine rings is 1. The molecule has 0 spiro atoms. The van der Waals surface area contributed by atoms with Gasteiger partial charge >= 0.3 is 0 Å². The third-order valence-electron chi connectivity index (χ3n) is 3.03. The Morgan fingerprint density at radius 2 is 2.07 bits per heavy atom. The molecule has 1 aliphatic rings. The molecule has 0 radical (unpaired) electrons. The minimum absolute atomic E-state index is 0.0881. The number of nitrogens with one attached hydrogen (secondary N) is 1. The van der Waals surface area contributed by atoms with Gasteiger partial charge < -0.3 is 10.2 Å². The second-order valence-electron chi connectivity index (χ2n) is 4.52. The topological polar surface area (TPSA) is 32.3 Å². The van der Waals surface area contributed by atoms with Gasteiger partial charge in [-0.05, 0) is 38.4 Å². The van der Waals surface area contributed by atoms with E-state index in [0.717, 1.165) is 19.6 Å². The van der Waals surface area contributed by atoms with Crippen LogP contribution in [0.4, 0.5) is 0 Å². The van der Waals surface area contributed by atoms with Crippen LogP contribution in [0.15, 0.2) is 0 Å². The molecule has 0 saturated carbocycles. The Morgan fingerprint density at radius 1 is 1.50 bits per heavy atom. The van der Waals surface area contributed by atoms with Crippen molar-refractivity contribution in [1.82, 2.24) is 10.2 Å². The number of amides is 1. The first-order valence-corrected chi connectivity index (χ1v) is 6.19. The Balaban J connectivity index is 2.31. The maximum absolute atomic E-state index is 11.1. The summed E-state index contributed by atoms with van der Waals surface area (Å²) in [4.78, 5) is 13.4. The monoisotopic (exact) mass is 262 g/mol. The molecule has 3 nitrogen and oxygen atoms in total. The highest BCUT2D eigenvalue weighted by atomic mass is 79.9. The van der Waals surface area contributed by atoms with Crippen LogP contribution in [0.3, 0.4) is 0 Å². The molecule has 0 atom stereocenters. The molecule has 82 valence electrons. The van der Waals surface area contributed by atoms with E-state index in [1.54, 1.807) is 0 Å². The fourth-order valence-corrected chi connectivity index (χ4v) is 1.89. The number of halogens is 1. The van der Waals surface area contributed by atoms with Crippen LogP contribution in [0.5, 0.6) is 0 Å². The summed E-state index contributed by atoms with van der Waals surface area (Å²) in [6, 6.07) is 0. The predicted molar refractivity (Wildman–Crippen MR) is 61.6 cm³/mol. The molecule has 1 heterocycles. The van der Waals surface area contributed by atoms with Crippen LogP contribution in [-0.4, -0.2) is 42.8 Å². The van der Waals surface area contributed by atoms with E-state index in [0.29, 0.717) is 10.7 Å². The Hall–Kier alpha value is -0.0900. The smallest absolute Gasteiger partial charge is 0.230 e. The van der Waals surface area contributed by atoms with Crippen molar-refractivity contribution in [2.45, 2.75) is 19.8 Å². The normalized spacial score (nSPS) is 21.9. The highest BCUT2D eigenvalue weighted by molar-refractivity contribution is 9.09. The van der Waals surface area contributed by atoms with Crippen molar-refractivity contribution in [2.24, 2.45) is 5.41 Å². The summed E-state index contributed by atoms with van der Waals surface area (Å²) in [5, 5.41) is 3.36. The minimum atomic E-state index is 0.0881. The van der Waals surface area contributed by atoms with E-state index >= 15 is 0 Å². The molecule has 0 aromatic carbocycles. The van der Waals surface area contributed by atoms with Crippen LogP contribution in [0.25, 0.3) is 0 Å². The van der Waals surface area contributed by atoms with Crippen LogP contribution in [-0.2, 0) is 4.79 Å². The summed E-state index contributed by atoms with van der Waals surface area (Å²) in [6.07, 6.45) is 2.35. The summed E-state index contributed by atoms with van der Waals surface area (Å²) in [6.45, 7) is 5.35. The number of nitrogens with zero attached hydrogens (tertiary/aromatic N) is 1. The summed E-state index contributed by atoms with van der Waals surface area (Å²) >= 11 is 3.15. The summed E-state index contributed by atoms with van der Waals surface area (Å²) in [5.41, 5.74) is 0.296. The number of likely N-dealkylation sites (tertiary alicyclic amines) is 1. The van der Waals surface area contributed by atoms with Gasteiger partial charge in [-0.2, -0.15) is 0 Å². The van der Waals surface area contributed by atoms with Gasteiger partial charge in [0.15, 0.2) is 0 Å². The van der Waals surface area contributed by atoms with Gasteiger partial charge in [-0.3, -0.25) is 4.79 Å². The average Bonchev–Trinajstić information content (AvgIpc) is 2.20. The van der Waals surface area contributed by atoms with Crippen molar-refractivity contribution in [3.05, 3.63) is 0 Å². The van der Waals surface area contributed by atoms with Gasteiger partial charge in [0.1, 0.15) is 0 Å². The van der Waals surface area contributed by atoms with E-state index < -0.39 is 0 Å². The van der Waals surface area contributed by atoms with E-state index in [-0.39, 0.29) is 5.91 Å². The zero-order valence-electron chi connectivity index (χ0n) is 8.98. The molecule has 1 rings (SSSR count). The first kappa shape index (κ1) is 12.0. The van der Waals surface area contributed by atoms with Gasteiger partial charge in [-0.25, -0.2) is 0 Å². The number of alkyl halides is 1. The molecule has 1 saturated heterocycles. The SMILES string of the molecule is CN1CCC(C)(CNC(=O)CBr)CC1. The van der Waals surface area contributed by atoms with Crippen LogP contribution < -0.4 is 5.32 Å². The van der Waals surface area contributed by atoms with Gasteiger partial charge in [0, 0.05) is 6.54 Å². The number of hydrogen-bond donors (Lipinski definition) is 1. The van der Waals surface area contributed by atoms with Gasteiger partial charge in [0.25, 0.3) is 0 Å². The lowest BCUT2D eigenvalue weighted by Gasteiger charge is -2.37. The highest BCUT2D eigenvalue weighted by Gasteiger charge is 2.28. The van der Waals surface area contributed by atoms with Crippen molar-refractivity contribution < 1.29 is 4.79 Å². The maximum atomic E-state index is 11.1. The van der Waals surface area contributed by atoms with Crippen LogP contribution in [0.1, 0.15) is 19.8 Å². The van der Waals surface area contributed by atoms with Crippen LogP contribution >= 0.6 is 15.9 Å². The predicted octanol–water partition coefficient (Wildman–Crippen LogP) is 1.23. The summed E-state index contributed by atoms with van der Waals surface area (Å²) < 4.78 is 0. The van der Waals surface area contributed by atoms with E-state index in [1.807, 2.05) is 0 Å². The largest absolute Gasteiger partial charge is 0.355 e. The molecule has 0 aliphatic carbocycles. The lowest BCUT2D eigenvalue weighted by Crippen LogP contribution is -2.43. The van der Waals surface area contributed by atoms with Gasteiger partial charge in [-0.1, -0.05) is 22.9 Å². The Bertz CT molecular complexity index is 200. The zero-order valence-corrected chi connectivity index (χ0v) is 10.6. The Kier molecular flexibility index (Phi) is 4.38.